The van der Waals surface area contributed by atoms with Gasteiger partial charge in [0.1, 0.15) is 0 Å². The Bertz CT molecular complexity index is 726. The zero-order chi connectivity index (χ0) is 21.9. The second-order valence-corrected chi connectivity index (χ2v) is 7.96. The molecule has 2 rings (SSSR count). The topological polar surface area (TPSA) is 85.8 Å². The Morgan fingerprint density at radius 2 is 1.97 bits per heavy atom. The van der Waals surface area contributed by atoms with Gasteiger partial charge in [-0.05, 0) is 56.7 Å². The van der Waals surface area contributed by atoms with Crippen molar-refractivity contribution in [2.45, 2.75) is 59.0 Å². The van der Waals surface area contributed by atoms with Crippen LogP contribution in [0, 0.1) is 5.92 Å². The number of hydrogen-bond donors (Lipinski definition) is 3. The van der Waals surface area contributed by atoms with Crippen molar-refractivity contribution in [3.8, 4) is 0 Å². The van der Waals surface area contributed by atoms with E-state index in [-0.39, 0.29) is 17.9 Å². The molecule has 1 heterocycles. The minimum atomic E-state index is -0.0414. The lowest BCUT2D eigenvalue weighted by Gasteiger charge is -2.34. The lowest BCUT2D eigenvalue weighted by Crippen LogP contribution is -2.46. The first-order chi connectivity index (χ1) is 14.5. The van der Waals surface area contributed by atoms with E-state index in [9.17, 15) is 9.59 Å². The molecule has 166 valence electrons. The second-order valence-electron chi connectivity index (χ2n) is 7.96. The Morgan fingerprint density at radius 1 is 1.23 bits per heavy atom. The van der Waals surface area contributed by atoms with E-state index in [1.165, 1.54) is 0 Å². The number of aliphatic imine (C=N–C) groups is 1. The van der Waals surface area contributed by atoms with Gasteiger partial charge in [0.25, 0.3) is 5.91 Å². The number of carbonyl (C=O) groups is 2. The van der Waals surface area contributed by atoms with Crippen molar-refractivity contribution in [2.75, 3.05) is 26.7 Å². The largest absolute Gasteiger partial charge is 0.359 e. The fourth-order valence-corrected chi connectivity index (χ4v) is 3.53. The van der Waals surface area contributed by atoms with Crippen LogP contribution in [-0.2, 0) is 11.3 Å². The molecule has 0 radical (unpaired) electrons. The monoisotopic (exact) mass is 415 g/mol. The minimum absolute atomic E-state index is 0.0414. The average Bonchev–Trinajstić information content (AvgIpc) is 2.77. The molecule has 0 saturated carbocycles. The van der Waals surface area contributed by atoms with Gasteiger partial charge in [0.2, 0.25) is 5.91 Å². The molecular weight excluding hydrogens is 378 g/mol. The molecule has 7 heteroatoms. The van der Waals surface area contributed by atoms with E-state index < -0.39 is 0 Å². The number of piperidine rings is 1. The van der Waals surface area contributed by atoms with Crippen LogP contribution in [0.5, 0.6) is 0 Å². The van der Waals surface area contributed by atoms with Gasteiger partial charge < -0.3 is 20.9 Å². The van der Waals surface area contributed by atoms with Gasteiger partial charge in [-0.1, -0.05) is 19.1 Å². The van der Waals surface area contributed by atoms with Crippen molar-refractivity contribution in [1.29, 1.82) is 0 Å². The highest BCUT2D eigenvalue weighted by Gasteiger charge is 2.23. The minimum Gasteiger partial charge on any atom is -0.359 e. The van der Waals surface area contributed by atoms with Gasteiger partial charge in [0.15, 0.2) is 5.96 Å². The van der Waals surface area contributed by atoms with Gasteiger partial charge in [0.05, 0.1) is 6.54 Å². The van der Waals surface area contributed by atoms with E-state index in [2.05, 4.69) is 34.7 Å². The number of hydrogen-bond acceptors (Lipinski definition) is 3. The van der Waals surface area contributed by atoms with Crippen molar-refractivity contribution < 1.29 is 9.59 Å². The lowest BCUT2D eigenvalue weighted by molar-refractivity contribution is -0.121. The highest BCUT2D eigenvalue weighted by molar-refractivity contribution is 5.94. The number of benzene rings is 1. The molecule has 1 aliphatic rings. The van der Waals surface area contributed by atoms with Crippen LogP contribution in [0.2, 0.25) is 0 Å². The van der Waals surface area contributed by atoms with E-state index in [1.807, 2.05) is 31.2 Å². The van der Waals surface area contributed by atoms with Gasteiger partial charge in [-0.3, -0.25) is 9.59 Å². The molecule has 30 heavy (non-hydrogen) atoms. The van der Waals surface area contributed by atoms with Crippen molar-refractivity contribution >= 4 is 17.8 Å². The number of amides is 2. The van der Waals surface area contributed by atoms with Crippen molar-refractivity contribution in [2.24, 2.45) is 10.9 Å². The summed E-state index contributed by atoms with van der Waals surface area (Å²) in [5.74, 6) is 1.40. The van der Waals surface area contributed by atoms with E-state index in [4.69, 9.17) is 4.99 Å². The Balaban J connectivity index is 1.99. The summed E-state index contributed by atoms with van der Waals surface area (Å²) in [6, 6.07) is 7.83. The highest BCUT2D eigenvalue weighted by atomic mass is 16.2. The summed E-state index contributed by atoms with van der Waals surface area (Å²) >= 11 is 0. The molecule has 3 N–H and O–H groups in total. The van der Waals surface area contributed by atoms with Crippen LogP contribution in [0.3, 0.4) is 0 Å². The number of carbonyl (C=O) groups excluding carboxylic acids is 2. The zero-order valence-corrected chi connectivity index (χ0v) is 18.8. The van der Waals surface area contributed by atoms with Gasteiger partial charge in [0, 0.05) is 44.7 Å². The summed E-state index contributed by atoms with van der Waals surface area (Å²) in [4.78, 5) is 31.1. The van der Waals surface area contributed by atoms with E-state index >= 15 is 0 Å². The number of likely N-dealkylation sites (tertiary alicyclic amines) is 1. The standard InChI is InChI=1S/C23H37N5O2/c1-5-17(3)27-22(30)20-9-7-8-19(14-20)16-26-23(25-6-2)28-12-10-18(11-13-28)15-21(29)24-4/h7-9,14,17-18H,5-6,10-13,15-16H2,1-4H3,(H,24,29)(H,25,26)(H,27,30). The third-order valence-electron chi connectivity index (χ3n) is 5.59. The van der Waals surface area contributed by atoms with E-state index in [1.54, 1.807) is 7.05 Å². The first-order valence-electron chi connectivity index (χ1n) is 11.1. The van der Waals surface area contributed by atoms with Crippen LogP contribution < -0.4 is 16.0 Å². The maximum atomic E-state index is 12.4. The number of nitrogens with one attached hydrogen (secondary N) is 3. The van der Waals surface area contributed by atoms with Crippen LogP contribution >= 0.6 is 0 Å². The molecule has 1 unspecified atom stereocenters. The third-order valence-corrected chi connectivity index (χ3v) is 5.59. The Morgan fingerprint density at radius 3 is 2.60 bits per heavy atom. The number of rotatable bonds is 8. The summed E-state index contributed by atoms with van der Waals surface area (Å²) in [5.41, 5.74) is 1.68. The second kappa shape index (κ2) is 12.2. The quantitative estimate of drug-likeness (QED) is 0.450. The smallest absolute Gasteiger partial charge is 0.251 e. The molecule has 0 aliphatic carbocycles. The molecule has 1 aliphatic heterocycles. The first-order valence-corrected chi connectivity index (χ1v) is 11.1. The summed E-state index contributed by atoms with van der Waals surface area (Å²) in [5, 5.41) is 9.10. The normalized spacial score (nSPS) is 16.1. The van der Waals surface area contributed by atoms with Gasteiger partial charge in [-0.2, -0.15) is 0 Å². The van der Waals surface area contributed by atoms with Gasteiger partial charge in [-0.15, -0.1) is 0 Å². The predicted molar refractivity (Wildman–Crippen MR) is 121 cm³/mol. The van der Waals surface area contributed by atoms with E-state index in [0.717, 1.165) is 50.4 Å². The third kappa shape index (κ3) is 7.35. The van der Waals surface area contributed by atoms with Crippen LogP contribution in [0.4, 0.5) is 0 Å². The average molecular weight is 416 g/mol. The van der Waals surface area contributed by atoms with E-state index in [0.29, 0.717) is 24.4 Å². The van der Waals surface area contributed by atoms with Crippen LogP contribution in [-0.4, -0.2) is 55.4 Å². The predicted octanol–water partition coefficient (Wildman–Crippen LogP) is 2.53. The fourth-order valence-electron chi connectivity index (χ4n) is 3.53. The van der Waals surface area contributed by atoms with Crippen molar-refractivity contribution in [3.05, 3.63) is 35.4 Å². The molecular formula is C23H37N5O2. The molecule has 1 aromatic carbocycles. The van der Waals surface area contributed by atoms with Crippen LogP contribution in [0.15, 0.2) is 29.3 Å². The number of nitrogens with zero attached hydrogens (tertiary/aromatic N) is 2. The Hall–Kier alpha value is -2.57. The summed E-state index contributed by atoms with van der Waals surface area (Å²) in [6.45, 7) is 9.23. The summed E-state index contributed by atoms with van der Waals surface area (Å²) in [7, 11) is 1.69. The van der Waals surface area contributed by atoms with Crippen molar-refractivity contribution in [3.63, 3.8) is 0 Å². The van der Waals surface area contributed by atoms with Gasteiger partial charge >= 0.3 is 0 Å². The fraction of sp³-hybridized carbons (Fsp3) is 0.609. The highest BCUT2D eigenvalue weighted by Crippen LogP contribution is 2.20. The molecule has 1 fully saturated rings. The van der Waals surface area contributed by atoms with Crippen molar-refractivity contribution in [1.82, 2.24) is 20.9 Å². The maximum Gasteiger partial charge on any atom is 0.251 e. The zero-order valence-electron chi connectivity index (χ0n) is 18.8. The molecule has 0 bridgehead atoms. The molecule has 2 amide bonds. The Labute approximate surface area is 180 Å². The number of guanidine groups is 1. The van der Waals surface area contributed by atoms with Crippen LogP contribution in [0.25, 0.3) is 0 Å². The summed E-state index contributed by atoms with van der Waals surface area (Å²) in [6.07, 6.45) is 3.48. The molecule has 1 aromatic rings. The maximum absolute atomic E-state index is 12.4. The lowest BCUT2D eigenvalue weighted by atomic mass is 9.93. The summed E-state index contributed by atoms with van der Waals surface area (Å²) < 4.78 is 0. The SMILES string of the molecule is CCNC(=NCc1cccc(C(=O)NC(C)CC)c1)N1CCC(CC(=O)NC)CC1. The van der Waals surface area contributed by atoms with Gasteiger partial charge in [-0.25, -0.2) is 4.99 Å². The molecule has 7 nitrogen and oxygen atoms in total. The Kier molecular flexibility index (Phi) is 9.64. The molecule has 0 aromatic heterocycles. The molecule has 1 atom stereocenters. The van der Waals surface area contributed by atoms with Crippen LogP contribution in [0.1, 0.15) is 62.4 Å². The molecule has 0 spiro atoms. The first kappa shape index (κ1) is 23.7. The molecule has 1 saturated heterocycles.